The lowest BCUT2D eigenvalue weighted by atomic mass is 9.64. The Morgan fingerprint density at radius 2 is 2.20 bits per heavy atom. The quantitative estimate of drug-likeness (QED) is 0.774. The minimum Gasteiger partial charge on any atom is -0.378 e. The first kappa shape index (κ1) is 18.2. The summed E-state index contributed by atoms with van der Waals surface area (Å²) in [7, 11) is 0. The number of nitrogens with one attached hydrogen (secondary N) is 2. The molecule has 2 heterocycles. The van der Waals surface area contributed by atoms with Crippen LogP contribution >= 0.6 is 0 Å². The maximum Gasteiger partial charge on any atom is 0.317 e. The number of H-pyrrole nitrogens is 1. The smallest absolute Gasteiger partial charge is 0.317 e. The topological polar surface area (TPSA) is 83.1 Å². The number of aromatic amines is 1. The first-order chi connectivity index (χ1) is 12.0. The van der Waals surface area contributed by atoms with E-state index in [4.69, 9.17) is 4.74 Å². The molecule has 2 aliphatic rings. The zero-order chi connectivity index (χ0) is 17.9. The second kappa shape index (κ2) is 7.72. The van der Waals surface area contributed by atoms with Crippen molar-refractivity contribution in [3.63, 3.8) is 0 Å². The first-order valence-corrected chi connectivity index (χ1v) is 9.54. The summed E-state index contributed by atoms with van der Waals surface area (Å²) >= 11 is 0. The van der Waals surface area contributed by atoms with Crippen LogP contribution in [0.15, 0.2) is 6.33 Å². The van der Waals surface area contributed by atoms with Crippen LogP contribution in [0.25, 0.3) is 0 Å². The number of carbonyl (C=O) groups excluding carboxylic acids is 1. The number of likely N-dealkylation sites (tertiary alicyclic amines) is 1. The third kappa shape index (κ3) is 3.97. The Morgan fingerprint density at radius 1 is 1.44 bits per heavy atom. The molecule has 0 bridgehead atoms. The number of rotatable bonds is 6. The summed E-state index contributed by atoms with van der Waals surface area (Å²) in [5, 5.41) is 10.1. The number of nitrogens with zero attached hydrogens (tertiary/aromatic N) is 3. The number of hydrogen-bond donors (Lipinski definition) is 2. The van der Waals surface area contributed by atoms with E-state index in [2.05, 4.69) is 41.3 Å². The van der Waals surface area contributed by atoms with Crippen LogP contribution < -0.4 is 5.32 Å². The molecule has 7 nitrogen and oxygen atoms in total. The lowest BCUT2D eigenvalue weighted by Gasteiger charge is -2.52. The van der Waals surface area contributed by atoms with Crippen molar-refractivity contribution in [3.05, 3.63) is 12.2 Å². The Labute approximate surface area is 149 Å². The van der Waals surface area contributed by atoms with Gasteiger partial charge in [0.1, 0.15) is 12.2 Å². The third-order valence-electron chi connectivity index (χ3n) is 5.89. The molecule has 2 fully saturated rings. The third-order valence-corrected chi connectivity index (χ3v) is 5.89. The summed E-state index contributed by atoms with van der Waals surface area (Å²) in [6.45, 7) is 8.90. The summed E-state index contributed by atoms with van der Waals surface area (Å²) in [5.74, 6) is 1.32. The number of ether oxygens (including phenoxy) is 1. The van der Waals surface area contributed by atoms with Crippen LogP contribution in [-0.2, 0) is 4.74 Å². The molecule has 140 valence electrons. The van der Waals surface area contributed by atoms with Crippen LogP contribution in [0.3, 0.4) is 0 Å². The molecule has 0 unspecified atom stereocenters. The predicted molar refractivity (Wildman–Crippen MR) is 95.3 cm³/mol. The highest BCUT2D eigenvalue weighted by atomic mass is 16.5. The molecule has 2 amide bonds. The second-order valence-corrected chi connectivity index (χ2v) is 7.90. The minimum absolute atomic E-state index is 0.00155. The van der Waals surface area contributed by atoms with E-state index >= 15 is 0 Å². The standard InChI is InChI=1S/C18H31N5O2/c1-4-5-10-25-15-11-14(18(15,2)3)21-17(24)23-8-6-13(7-9-23)16-19-12-20-22-16/h12-15H,4-11H2,1-3H3,(H,21,24)(H,19,20,22)/t14-,15-/m0/s1. The molecule has 0 radical (unpaired) electrons. The zero-order valence-corrected chi connectivity index (χ0v) is 15.6. The van der Waals surface area contributed by atoms with Crippen molar-refractivity contribution >= 4 is 6.03 Å². The van der Waals surface area contributed by atoms with Gasteiger partial charge >= 0.3 is 6.03 Å². The molecule has 1 saturated heterocycles. The Hall–Kier alpha value is -1.63. The molecule has 0 aromatic carbocycles. The molecule has 1 aromatic heterocycles. The van der Waals surface area contributed by atoms with E-state index in [9.17, 15) is 4.79 Å². The molecule has 1 aliphatic carbocycles. The van der Waals surface area contributed by atoms with Gasteiger partial charge in [-0.1, -0.05) is 27.2 Å². The predicted octanol–water partition coefficient (Wildman–Crippen LogP) is 2.68. The highest BCUT2D eigenvalue weighted by Crippen LogP contribution is 2.43. The molecule has 0 spiro atoms. The van der Waals surface area contributed by atoms with Crippen LogP contribution in [0.2, 0.25) is 0 Å². The summed E-state index contributed by atoms with van der Waals surface area (Å²) in [6, 6.07) is 0.250. The van der Waals surface area contributed by atoms with Crippen molar-refractivity contribution in [2.24, 2.45) is 5.41 Å². The van der Waals surface area contributed by atoms with E-state index < -0.39 is 0 Å². The van der Waals surface area contributed by atoms with E-state index in [1.165, 1.54) is 0 Å². The maximum absolute atomic E-state index is 12.6. The van der Waals surface area contributed by atoms with Crippen LogP contribution in [0.4, 0.5) is 4.79 Å². The van der Waals surface area contributed by atoms with Crippen molar-refractivity contribution in [3.8, 4) is 0 Å². The van der Waals surface area contributed by atoms with Crippen molar-refractivity contribution in [1.82, 2.24) is 25.4 Å². The number of unbranched alkanes of at least 4 members (excludes halogenated alkanes) is 1. The molecule has 2 N–H and O–H groups in total. The van der Waals surface area contributed by atoms with Gasteiger partial charge in [-0.15, -0.1) is 0 Å². The van der Waals surface area contributed by atoms with Gasteiger partial charge < -0.3 is 15.0 Å². The fourth-order valence-electron chi connectivity index (χ4n) is 3.79. The molecule has 1 aliphatic heterocycles. The Bertz CT molecular complexity index is 552. The lowest BCUT2D eigenvalue weighted by Crippen LogP contribution is -2.63. The van der Waals surface area contributed by atoms with Gasteiger partial charge in [0.2, 0.25) is 0 Å². The van der Waals surface area contributed by atoms with E-state index in [0.29, 0.717) is 5.92 Å². The first-order valence-electron chi connectivity index (χ1n) is 9.54. The average Bonchev–Trinajstić information content (AvgIpc) is 3.15. The number of piperidine rings is 1. The van der Waals surface area contributed by atoms with E-state index in [1.807, 2.05) is 4.90 Å². The molecule has 3 rings (SSSR count). The maximum atomic E-state index is 12.6. The Morgan fingerprint density at radius 3 is 2.80 bits per heavy atom. The number of urea groups is 1. The van der Waals surface area contributed by atoms with Gasteiger partial charge in [-0.25, -0.2) is 9.78 Å². The van der Waals surface area contributed by atoms with Gasteiger partial charge in [0.15, 0.2) is 0 Å². The van der Waals surface area contributed by atoms with Gasteiger partial charge in [0.25, 0.3) is 0 Å². The largest absolute Gasteiger partial charge is 0.378 e. The van der Waals surface area contributed by atoms with Gasteiger partial charge in [-0.05, 0) is 25.7 Å². The van der Waals surface area contributed by atoms with Crippen LogP contribution in [0, 0.1) is 5.41 Å². The Balaban J connectivity index is 1.43. The van der Waals surface area contributed by atoms with Crippen molar-refractivity contribution in [1.29, 1.82) is 0 Å². The van der Waals surface area contributed by atoms with Gasteiger partial charge in [-0.3, -0.25) is 5.10 Å². The number of hydrogen-bond acceptors (Lipinski definition) is 4. The molecular weight excluding hydrogens is 318 g/mol. The number of carbonyl (C=O) groups is 1. The highest BCUT2D eigenvalue weighted by molar-refractivity contribution is 5.75. The van der Waals surface area contributed by atoms with E-state index in [1.54, 1.807) is 6.33 Å². The average molecular weight is 349 g/mol. The fourth-order valence-corrected chi connectivity index (χ4v) is 3.79. The summed E-state index contributed by atoms with van der Waals surface area (Å²) < 4.78 is 5.97. The Kier molecular flexibility index (Phi) is 5.61. The molecule has 2 atom stereocenters. The lowest BCUT2D eigenvalue weighted by molar-refractivity contribution is -0.115. The number of aromatic nitrogens is 3. The van der Waals surface area contributed by atoms with Crippen molar-refractivity contribution in [2.75, 3.05) is 19.7 Å². The SMILES string of the molecule is CCCCO[C@H]1C[C@H](NC(=O)N2CCC(c3ncn[nH]3)CC2)C1(C)C. The summed E-state index contributed by atoms with van der Waals surface area (Å²) in [4.78, 5) is 18.8. The van der Waals surface area contributed by atoms with Crippen LogP contribution in [0.5, 0.6) is 0 Å². The van der Waals surface area contributed by atoms with Gasteiger partial charge in [-0.2, -0.15) is 5.10 Å². The zero-order valence-electron chi connectivity index (χ0n) is 15.6. The van der Waals surface area contributed by atoms with E-state index in [-0.39, 0.29) is 23.6 Å². The molecular formula is C18H31N5O2. The van der Waals surface area contributed by atoms with Crippen molar-refractivity contribution in [2.45, 2.75) is 70.9 Å². The molecule has 25 heavy (non-hydrogen) atoms. The second-order valence-electron chi connectivity index (χ2n) is 7.90. The van der Waals surface area contributed by atoms with Crippen molar-refractivity contribution < 1.29 is 9.53 Å². The normalized spacial score (nSPS) is 26.3. The van der Waals surface area contributed by atoms with Crippen LogP contribution in [-0.4, -0.2) is 58.0 Å². The fraction of sp³-hybridized carbons (Fsp3) is 0.833. The van der Waals surface area contributed by atoms with Gasteiger partial charge in [0, 0.05) is 37.1 Å². The van der Waals surface area contributed by atoms with Crippen LogP contribution in [0.1, 0.15) is 64.6 Å². The molecule has 1 aromatic rings. The summed E-state index contributed by atoms with van der Waals surface area (Å²) in [5.41, 5.74) is 0.00155. The molecule has 1 saturated carbocycles. The van der Waals surface area contributed by atoms with E-state index in [0.717, 1.165) is 57.6 Å². The summed E-state index contributed by atoms with van der Waals surface area (Å²) in [6.07, 6.45) is 6.82. The number of amides is 2. The van der Waals surface area contributed by atoms with Gasteiger partial charge in [0.05, 0.1) is 6.10 Å². The minimum atomic E-state index is 0.00155. The highest BCUT2D eigenvalue weighted by Gasteiger charge is 2.50. The monoisotopic (exact) mass is 349 g/mol. The molecule has 7 heteroatoms.